The summed E-state index contributed by atoms with van der Waals surface area (Å²) in [4.78, 5) is 26.6. The van der Waals surface area contributed by atoms with E-state index < -0.39 is 0 Å². The molecule has 1 saturated heterocycles. The highest BCUT2D eigenvalue weighted by Gasteiger charge is 2.27. The van der Waals surface area contributed by atoms with Crippen LogP contribution in [0.4, 0.5) is 0 Å². The van der Waals surface area contributed by atoms with Gasteiger partial charge in [0.05, 0.1) is 14.2 Å². The van der Waals surface area contributed by atoms with Crippen LogP contribution in [0.2, 0.25) is 0 Å². The first-order chi connectivity index (χ1) is 12.4. The Morgan fingerprint density at radius 2 is 1.77 bits per heavy atom. The minimum Gasteiger partial charge on any atom is -0.493 e. The number of ether oxygens (including phenoxy) is 2. The number of hydrogen-bond donors (Lipinski definition) is 2. The molecule has 7 heteroatoms. The van der Waals surface area contributed by atoms with E-state index in [4.69, 9.17) is 15.2 Å². The maximum atomic E-state index is 12.7. The molecule has 0 radical (unpaired) electrons. The number of benzene rings is 1. The van der Waals surface area contributed by atoms with Crippen molar-refractivity contribution in [2.75, 3.05) is 27.3 Å². The predicted octanol–water partition coefficient (Wildman–Crippen LogP) is 1.41. The summed E-state index contributed by atoms with van der Waals surface area (Å²) in [5.74, 6) is 0.838. The van der Waals surface area contributed by atoms with E-state index in [1.807, 2.05) is 13.8 Å². The normalized spacial score (nSPS) is 17.3. The van der Waals surface area contributed by atoms with E-state index in [1.165, 1.54) is 0 Å². The van der Waals surface area contributed by atoms with E-state index >= 15 is 0 Å². The molecule has 3 N–H and O–H groups in total. The van der Waals surface area contributed by atoms with E-state index in [9.17, 15) is 9.59 Å². The van der Waals surface area contributed by atoms with Crippen molar-refractivity contribution in [3.63, 3.8) is 0 Å². The van der Waals surface area contributed by atoms with Crippen LogP contribution < -0.4 is 20.5 Å². The first-order valence-corrected chi connectivity index (χ1v) is 8.94. The molecule has 1 fully saturated rings. The number of rotatable bonds is 6. The van der Waals surface area contributed by atoms with E-state index in [-0.39, 0.29) is 29.8 Å². The van der Waals surface area contributed by atoms with Crippen LogP contribution in [-0.2, 0) is 4.79 Å². The molecule has 0 saturated carbocycles. The Labute approximate surface area is 154 Å². The molecule has 144 valence electrons. The molecule has 2 amide bonds. The number of nitrogens with one attached hydrogen (secondary N) is 1. The summed E-state index contributed by atoms with van der Waals surface area (Å²) < 4.78 is 10.5. The van der Waals surface area contributed by atoms with Crippen LogP contribution in [0.1, 0.15) is 37.0 Å². The number of amides is 2. The van der Waals surface area contributed by atoms with Crippen LogP contribution in [0.3, 0.4) is 0 Å². The second kappa shape index (κ2) is 8.89. The Morgan fingerprint density at radius 3 is 2.31 bits per heavy atom. The molecule has 0 aliphatic carbocycles. The fourth-order valence-electron chi connectivity index (χ4n) is 2.95. The van der Waals surface area contributed by atoms with Gasteiger partial charge in [0.1, 0.15) is 0 Å². The molecule has 1 heterocycles. The zero-order valence-corrected chi connectivity index (χ0v) is 16.0. The predicted molar refractivity (Wildman–Crippen MR) is 99.4 cm³/mol. The van der Waals surface area contributed by atoms with Gasteiger partial charge in [0, 0.05) is 36.7 Å². The fourth-order valence-corrected chi connectivity index (χ4v) is 2.95. The number of likely N-dealkylation sites (tertiary alicyclic amines) is 1. The summed E-state index contributed by atoms with van der Waals surface area (Å²) in [6, 6.07) is 5.06. The summed E-state index contributed by atoms with van der Waals surface area (Å²) >= 11 is 0. The minimum absolute atomic E-state index is 0.0235. The average Bonchev–Trinajstić information content (AvgIpc) is 2.66. The number of nitrogens with two attached hydrogens (primary N) is 1. The van der Waals surface area contributed by atoms with Crippen molar-refractivity contribution < 1.29 is 19.1 Å². The number of carbonyl (C=O) groups excluding carboxylic acids is 2. The molecule has 7 nitrogen and oxygen atoms in total. The molecule has 1 aromatic rings. The van der Waals surface area contributed by atoms with E-state index in [0.717, 1.165) is 12.8 Å². The van der Waals surface area contributed by atoms with Crippen molar-refractivity contribution in [2.24, 2.45) is 11.7 Å². The zero-order chi connectivity index (χ0) is 19.3. The lowest BCUT2D eigenvalue weighted by Crippen LogP contribution is -2.49. The first kappa shape index (κ1) is 20.0. The van der Waals surface area contributed by atoms with Gasteiger partial charge in [0.2, 0.25) is 5.91 Å². The summed E-state index contributed by atoms with van der Waals surface area (Å²) in [6.45, 7) is 4.86. The highest BCUT2D eigenvalue weighted by molar-refractivity contribution is 5.95. The van der Waals surface area contributed by atoms with Gasteiger partial charge in [-0.25, -0.2) is 0 Å². The van der Waals surface area contributed by atoms with Gasteiger partial charge in [-0.3, -0.25) is 9.59 Å². The van der Waals surface area contributed by atoms with Crippen molar-refractivity contribution in [1.82, 2.24) is 10.2 Å². The number of nitrogens with zero attached hydrogens (tertiary/aromatic N) is 1. The lowest BCUT2D eigenvalue weighted by molar-refractivity contribution is -0.125. The number of carbonyl (C=O) groups is 2. The molecular weight excluding hydrogens is 334 g/mol. The molecule has 0 aromatic heterocycles. The van der Waals surface area contributed by atoms with Crippen LogP contribution in [0.25, 0.3) is 0 Å². The summed E-state index contributed by atoms with van der Waals surface area (Å²) in [5, 5.41) is 3.04. The molecule has 1 aliphatic rings. The molecular formula is C19H29N3O4. The highest BCUT2D eigenvalue weighted by Crippen LogP contribution is 2.28. The second-order valence-corrected chi connectivity index (χ2v) is 6.79. The number of methoxy groups -OCH3 is 2. The van der Waals surface area contributed by atoms with Crippen LogP contribution in [0.5, 0.6) is 11.5 Å². The van der Waals surface area contributed by atoms with Gasteiger partial charge in [-0.1, -0.05) is 6.92 Å². The molecule has 0 bridgehead atoms. The zero-order valence-electron chi connectivity index (χ0n) is 16.0. The third-order valence-corrected chi connectivity index (χ3v) is 4.96. The summed E-state index contributed by atoms with van der Waals surface area (Å²) in [7, 11) is 3.11. The summed E-state index contributed by atoms with van der Waals surface area (Å²) in [5.41, 5.74) is 6.35. The third kappa shape index (κ3) is 4.66. The van der Waals surface area contributed by atoms with Crippen LogP contribution >= 0.6 is 0 Å². The smallest absolute Gasteiger partial charge is 0.253 e. The Balaban J connectivity index is 1.93. The molecule has 2 rings (SSSR count). The SMILES string of the molecule is COc1ccc(C(=O)N2CCC(NC(=O)C(C)C(C)N)CC2)cc1OC. The van der Waals surface area contributed by atoms with Crippen molar-refractivity contribution in [3.8, 4) is 11.5 Å². The van der Waals surface area contributed by atoms with Crippen LogP contribution in [0.15, 0.2) is 18.2 Å². The lowest BCUT2D eigenvalue weighted by Gasteiger charge is -2.33. The van der Waals surface area contributed by atoms with Gasteiger partial charge in [-0.05, 0) is 38.0 Å². The quantitative estimate of drug-likeness (QED) is 0.797. The van der Waals surface area contributed by atoms with E-state index in [0.29, 0.717) is 30.2 Å². The maximum Gasteiger partial charge on any atom is 0.253 e. The average molecular weight is 363 g/mol. The molecule has 1 aliphatic heterocycles. The van der Waals surface area contributed by atoms with Gasteiger partial charge >= 0.3 is 0 Å². The van der Waals surface area contributed by atoms with Crippen LogP contribution in [0, 0.1) is 5.92 Å². The molecule has 2 atom stereocenters. The van der Waals surface area contributed by atoms with Gasteiger partial charge in [-0.15, -0.1) is 0 Å². The molecule has 2 unspecified atom stereocenters. The van der Waals surface area contributed by atoms with Crippen molar-refractivity contribution in [3.05, 3.63) is 23.8 Å². The Hall–Kier alpha value is -2.28. The monoisotopic (exact) mass is 363 g/mol. The molecule has 26 heavy (non-hydrogen) atoms. The Kier molecular flexibility index (Phi) is 6.85. The second-order valence-electron chi connectivity index (χ2n) is 6.79. The van der Waals surface area contributed by atoms with Crippen LogP contribution in [-0.4, -0.2) is 56.1 Å². The lowest BCUT2D eigenvalue weighted by atomic mass is 10.00. The Morgan fingerprint density at radius 1 is 1.15 bits per heavy atom. The van der Waals surface area contributed by atoms with E-state index in [2.05, 4.69) is 5.32 Å². The first-order valence-electron chi connectivity index (χ1n) is 8.94. The van der Waals surface area contributed by atoms with Gasteiger partial charge in [-0.2, -0.15) is 0 Å². The van der Waals surface area contributed by atoms with Gasteiger partial charge in [0.25, 0.3) is 5.91 Å². The number of hydrogen-bond acceptors (Lipinski definition) is 5. The third-order valence-electron chi connectivity index (χ3n) is 4.96. The topological polar surface area (TPSA) is 93.9 Å². The van der Waals surface area contributed by atoms with Crippen molar-refractivity contribution in [1.29, 1.82) is 0 Å². The molecule has 1 aromatic carbocycles. The fraction of sp³-hybridized carbons (Fsp3) is 0.579. The largest absolute Gasteiger partial charge is 0.493 e. The van der Waals surface area contributed by atoms with E-state index in [1.54, 1.807) is 37.3 Å². The standard InChI is InChI=1S/C19H29N3O4/c1-12(13(2)20)18(23)21-15-7-9-22(10-8-15)19(24)14-5-6-16(25-3)17(11-14)26-4/h5-6,11-13,15H,7-10,20H2,1-4H3,(H,21,23). The molecule has 0 spiro atoms. The van der Waals surface area contributed by atoms with Gasteiger partial charge < -0.3 is 25.4 Å². The maximum absolute atomic E-state index is 12.7. The van der Waals surface area contributed by atoms with Gasteiger partial charge in [0.15, 0.2) is 11.5 Å². The number of piperidine rings is 1. The Bertz CT molecular complexity index is 640. The van der Waals surface area contributed by atoms with Crippen molar-refractivity contribution >= 4 is 11.8 Å². The summed E-state index contributed by atoms with van der Waals surface area (Å²) in [6.07, 6.45) is 1.47. The minimum atomic E-state index is -0.221. The van der Waals surface area contributed by atoms with Crippen molar-refractivity contribution in [2.45, 2.75) is 38.8 Å². The highest BCUT2D eigenvalue weighted by atomic mass is 16.5.